The Morgan fingerprint density at radius 3 is 3.12 bits per heavy atom. The van der Waals surface area contributed by atoms with Crippen LogP contribution in [0.4, 0.5) is 5.13 Å². The fourth-order valence-electron chi connectivity index (χ4n) is 1.56. The Balaban J connectivity index is 1.92. The van der Waals surface area contributed by atoms with Gasteiger partial charge in [-0.1, -0.05) is 5.92 Å². The van der Waals surface area contributed by atoms with E-state index in [1.54, 1.807) is 11.3 Å². The van der Waals surface area contributed by atoms with Gasteiger partial charge in [-0.05, 0) is 13.0 Å². The van der Waals surface area contributed by atoms with Gasteiger partial charge in [-0.25, -0.2) is 4.98 Å². The molecule has 0 aliphatic carbocycles. The molecular formula is C12H17N3OS. The van der Waals surface area contributed by atoms with Crippen LogP contribution in [0.1, 0.15) is 12.1 Å². The van der Waals surface area contributed by atoms with E-state index in [0.717, 1.165) is 50.1 Å². The van der Waals surface area contributed by atoms with Crippen LogP contribution >= 0.6 is 11.3 Å². The molecule has 1 aliphatic rings. The molecule has 0 spiro atoms. The van der Waals surface area contributed by atoms with Gasteiger partial charge in [0.05, 0.1) is 13.2 Å². The first kappa shape index (κ1) is 12.4. The van der Waals surface area contributed by atoms with E-state index in [9.17, 15) is 0 Å². The maximum Gasteiger partial charge on any atom is 0.186 e. The van der Waals surface area contributed by atoms with E-state index in [0.29, 0.717) is 0 Å². The molecule has 1 aromatic rings. The maximum atomic E-state index is 5.32. The number of thiazole rings is 1. The first-order valence-corrected chi connectivity index (χ1v) is 6.70. The lowest BCUT2D eigenvalue weighted by molar-refractivity contribution is 0.122. The molecular weight excluding hydrogens is 234 g/mol. The molecule has 4 nitrogen and oxygen atoms in total. The number of hydrogen-bond acceptors (Lipinski definition) is 5. The fourth-order valence-corrected chi connectivity index (χ4v) is 2.37. The van der Waals surface area contributed by atoms with Crippen molar-refractivity contribution in [3.8, 4) is 11.8 Å². The topological polar surface area (TPSA) is 37.4 Å². The summed E-state index contributed by atoms with van der Waals surface area (Å²) in [6.45, 7) is 4.37. The Hall–Kier alpha value is -1.09. The maximum absolute atomic E-state index is 5.32. The van der Waals surface area contributed by atoms with Gasteiger partial charge in [0.2, 0.25) is 0 Å². The van der Waals surface area contributed by atoms with Crippen molar-refractivity contribution in [1.82, 2.24) is 10.3 Å². The molecule has 0 unspecified atom stereocenters. The zero-order valence-electron chi connectivity index (χ0n) is 10.0. The van der Waals surface area contributed by atoms with E-state index in [1.807, 2.05) is 12.4 Å². The molecule has 1 saturated heterocycles. The fraction of sp³-hybridized carbons (Fsp3) is 0.583. The van der Waals surface area contributed by atoms with Crippen molar-refractivity contribution in [3.05, 3.63) is 11.1 Å². The molecule has 1 aromatic heterocycles. The summed E-state index contributed by atoms with van der Waals surface area (Å²) in [7, 11) is 1.93. The standard InChI is InChI=1S/C12H17N3OS/c1-13-5-3-2-4-11-10-17-12(14-11)15-6-8-16-9-7-15/h10,13H,3,5-9H2,1H3. The predicted molar refractivity (Wildman–Crippen MR) is 70.6 cm³/mol. The van der Waals surface area contributed by atoms with Gasteiger partial charge in [0.15, 0.2) is 5.13 Å². The summed E-state index contributed by atoms with van der Waals surface area (Å²) in [5, 5.41) is 6.15. The average Bonchev–Trinajstić information content (AvgIpc) is 2.85. The van der Waals surface area contributed by atoms with Crippen LogP contribution in [0.3, 0.4) is 0 Å². The first-order chi connectivity index (χ1) is 8.40. The van der Waals surface area contributed by atoms with E-state index in [-0.39, 0.29) is 0 Å². The minimum absolute atomic E-state index is 0.794. The van der Waals surface area contributed by atoms with Gasteiger partial charge < -0.3 is 15.0 Å². The summed E-state index contributed by atoms with van der Waals surface area (Å²) in [5.74, 6) is 6.20. The Bertz CT molecular complexity index is 401. The molecule has 1 N–H and O–H groups in total. The molecule has 17 heavy (non-hydrogen) atoms. The molecule has 1 aliphatic heterocycles. The summed E-state index contributed by atoms with van der Waals surface area (Å²) < 4.78 is 5.32. The first-order valence-electron chi connectivity index (χ1n) is 5.82. The molecule has 0 atom stereocenters. The largest absolute Gasteiger partial charge is 0.378 e. The van der Waals surface area contributed by atoms with Gasteiger partial charge in [-0.15, -0.1) is 11.3 Å². The molecule has 0 amide bonds. The third-order valence-corrected chi connectivity index (χ3v) is 3.39. The van der Waals surface area contributed by atoms with Crippen molar-refractivity contribution in [3.63, 3.8) is 0 Å². The number of morpholine rings is 1. The van der Waals surface area contributed by atoms with Crippen molar-refractivity contribution >= 4 is 16.5 Å². The zero-order valence-corrected chi connectivity index (χ0v) is 10.8. The van der Waals surface area contributed by atoms with Gasteiger partial charge in [0.25, 0.3) is 0 Å². The van der Waals surface area contributed by atoms with E-state index in [2.05, 4.69) is 27.0 Å². The highest BCUT2D eigenvalue weighted by molar-refractivity contribution is 7.13. The summed E-state index contributed by atoms with van der Waals surface area (Å²) in [5.41, 5.74) is 0.882. The Kier molecular flexibility index (Phi) is 4.80. The second kappa shape index (κ2) is 6.60. The normalized spacial score (nSPS) is 15.5. The van der Waals surface area contributed by atoms with Crippen molar-refractivity contribution in [1.29, 1.82) is 0 Å². The van der Waals surface area contributed by atoms with Gasteiger partial charge in [0.1, 0.15) is 5.69 Å². The number of ether oxygens (including phenoxy) is 1. The summed E-state index contributed by atoms with van der Waals surface area (Å²) in [6, 6.07) is 0. The molecule has 2 heterocycles. The van der Waals surface area contributed by atoms with E-state index < -0.39 is 0 Å². The van der Waals surface area contributed by atoms with Crippen molar-refractivity contribution < 1.29 is 4.74 Å². The van der Waals surface area contributed by atoms with Crippen molar-refractivity contribution in [2.24, 2.45) is 0 Å². The molecule has 2 rings (SSSR count). The highest BCUT2D eigenvalue weighted by atomic mass is 32.1. The van der Waals surface area contributed by atoms with E-state index >= 15 is 0 Å². The van der Waals surface area contributed by atoms with E-state index in [4.69, 9.17) is 4.74 Å². The molecule has 0 aromatic carbocycles. The summed E-state index contributed by atoms with van der Waals surface area (Å²) in [6.07, 6.45) is 0.862. The quantitative estimate of drug-likeness (QED) is 0.641. The lowest BCUT2D eigenvalue weighted by Gasteiger charge is -2.25. The second-order valence-corrected chi connectivity index (χ2v) is 4.61. The Morgan fingerprint density at radius 1 is 1.53 bits per heavy atom. The molecule has 0 saturated carbocycles. The minimum atomic E-state index is 0.794. The summed E-state index contributed by atoms with van der Waals surface area (Å²) >= 11 is 1.66. The highest BCUT2D eigenvalue weighted by Gasteiger charge is 2.13. The second-order valence-electron chi connectivity index (χ2n) is 3.77. The minimum Gasteiger partial charge on any atom is -0.378 e. The number of aromatic nitrogens is 1. The Labute approximate surface area is 106 Å². The lowest BCUT2D eigenvalue weighted by Crippen LogP contribution is -2.36. The SMILES string of the molecule is CNCCC#Cc1csc(N2CCOCC2)n1. The molecule has 5 heteroatoms. The number of rotatable bonds is 3. The number of nitrogens with one attached hydrogen (secondary N) is 1. The molecule has 92 valence electrons. The highest BCUT2D eigenvalue weighted by Crippen LogP contribution is 2.20. The van der Waals surface area contributed by atoms with E-state index in [1.165, 1.54) is 0 Å². The average molecular weight is 251 g/mol. The van der Waals surface area contributed by atoms with Crippen LogP contribution in [0.2, 0.25) is 0 Å². The predicted octanol–water partition coefficient (Wildman–Crippen LogP) is 0.941. The van der Waals surface area contributed by atoms with Crippen LogP contribution in [0, 0.1) is 11.8 Å². The van der Waals surface area contributed by atoms with Crippen LogP contribution in [-0.2, 0) is 4.74 Å². The molecule has 0 bridgehead atoms. The number of hydrogen-bond donors (Lipinski definition) is 1. The summed E-state index contributed by atoms with van der Waals surface area (Å²) in [4.78, 5) is 6.78. The zero-order chi connectivity index (χ0) is 11.9. The van der Waals surface area contributed by atoms with Gasteiger partial charge >= 0.3 is 0 Å². The van der Waals surface area contributed by atoms with Crippen molar-refractivity contribution in [2.45, 2.75) is 6.42 Å². The number of anilines is 1. The van der Waals surface area contributed by atoms with Crippen LogP contribution in [0.25, 0.3) is 0 Å². The molecule has 0 radical (unpaired) electrons. The monoisotopic (exact) mass is 251 g/mol. The smallest absolute Gasteiger partial charge is 0.186 e. The third-order valence-electron chi connectivity index (χ3n) is 2.49. The third kappa shape index (κ3) is 3.70. The number of nitrogens with zero attached hydrogens (tertiary/aromatic N) is 2. The van der Waals surface area contributed by atoms with Gasteiger partial charge in [-0.3, -0.25) is 0 Å². The van der Waals surface area contributed by atoms with Crippen LogP contribution in [0.5, 0.6) is 0 Å². The van der Waals surface area contributed by atoms with Gasteiger partial charge in [-0.2, -0.15) is 0 Å². The lowest BCUT2D eigenvalue weighted by atomic mass is 10.4. The molecule has 1 fully saturated rings. The van der Waals surface area contributed by atoms with Gasteiger partial charge in [0, 0.05) is 31.4 Å². The van der Waals surface area contributed by atoms with Crippen LogP contribution in [-0.4, -0.2) is 44.9 Å². The Morgan fingerprint density at radius 2 is 2.35 bits per heavy atom. The van der Waals surface area contributed by atoms with Crippen LogP contribution < -0.4 is 10.2 Å². The van der Waals surface area contributed by atoms with Crippen LogP contribution in [0.15, 0.2) is 5.38 Å². The van der Waals surface area contributed by atoms with Crippen molar-refractivity contribution in [2.75, 3.05) is 44.8 Å².